The Kier molecular flexibility index (Phi) is 4.10. The predicted molar refractivity (Wildman–Crippen MR) is 30.3 cm³/mol. The topological polar surface area (TPSA) is 26.3 Å². The summed E-state index contributed by atoms with van der Waals surface area (Å²) in [6, 6.07) is 0. The predicted octanol–water partition coefficient (Wildman–Crippen LogP) is 0.749. The van der Waals surface area contributed by atoms with Crippen molar-refractivity contribution < 1.29 is 9.53 Å². The number of ether oxygens (including phenoxy) is 1. The van der Waals surface area contributed by atoms with Crippen LogP contribution in [0.15, 0.2) is 0 Å². The molecule has 0 aromatic carbocycles. The number of carbonyl (C=O) groups is 1. The van der Waals surface area contributed by atoms with Crippen LogP contribution in [-0.4, -0.2) is 12.6 Å². The van der Waals surface area contributed by atoms with Gasteiger partial charge in [-0.2, -0.15) is 0 Å². The second-order valence-electron chi connectivity index (χ2n) is 0.940. The summed E-state index contributed by atoms with van der Waals surface area (Å²) in [4.78, 5) is 10.2. The smallest absolute Gasteiger partial charge is 0.385 e. The van der Waals surface area contributed by atoms with E-state index in [0.29, 0.717) is 6.61 Å². The summed E-state index contributed by atoms with van der Waals surface area (Å²) in [6.45, 7) is 2.04. The normalized spacial score (nSPS) is 6.75. The Bertz CT molecular complexity index is 131. The first-order chi connectivity index (χ1) is 3.81. The van der Waals surface area contributed by atoms with Gasteiger partial charge in [-0.1, -0.05) is 0 Å². The Morgan fingerprint density at radius 3 is 2.88 bits per heavy atom. The van der Waals surface area contributed by atoms with Gasteiger partial charge in [0.2, 0.25) is 0 Å². The molecule has 0 heterocycles. The Balaban J connectivity index is 3.44. The zero-order chi connectivity index (χ0) is 6.41. The Morgan fingerprint density at radius 1 is 1.88 bits per heavy atom. The van der Waals surface area contributed by atoms with Crippen molar-refractivity contribution in [3.63, 3.8) is 0 Å². The highest BCUT2D eigenvalue weighted by atomic mass is 35.5. The summed E-state index contributed by atoms with van der Waals surface area (Å²) in [6.07, 6.45) is 0. The van der Waals surface area contributed by atoms with Crippen LogP contribution in [0.2, 0.25) is 0 Å². The van der Waals surface area contributed by atoms with Crippen LogP contribution in [0.25, 0.3) is 0 Å². The highest BCUT2D eigenvalue weighted by Crippen LogP contribution is 1.73. The van der Waals surface area contributed by atoms with Crippen LogP contribution < -0.4 is 0 Å². The Morgan fingerprint density at radius 2 is 2.50 bits per heavy atom. The van der Waals surface area contributed by atoms with Crippen LogP contribution in [-0.2, 0) is 9.53 Å². The second kappa shape index (κ2) is 4.48. The highest BCUT2D eigenvalue weighted by molar-refractivity contribution is 6.31. The van der Waals surface area contributed by atoms with Crippen LogP contribution >= 0.6 is 11.6 Å². The van der Waals surface area contributed by atoms with Gasteiger partial charge in [0.1, 0.15) is 0 Å². The molecule has 44 valence electrons. The van der Waals surface area contributed by atoms with Crippen molar-refractivity contribution in [1.82, 2.24) is 0 Å². The van der Waals surface area contributed by atoms with Gasteiger partial charge in [0.05, 0.1) is 6.61 Å². The zero-order valence-electron chi connectivity index (χ0n) is 4.40. The van der Waals surface area contributed by atoms with E-state index in [1.165, 1.54) is 0 Å². The van der Waals surface area contributed by atoms with Gasteiger partial charge in [-0.3, -0.25) is 0 Å². The molecule has 0 saturated carbocycles. The van der Waals surface area contributed by atoms with Crippen LogP contribution in [0.4, 0.5) is 0 Å². The summed E-state index contributed by atoms with van der Waals surface area (Å²) in [7, 11) is 0. The third-order valence-corrected chi connectivity index (χ3v) is 0.519. The molecule has 3 heteroatoms. The van der Waals surface area contributed by atoms with Crippen molar-refractivity contribution >= 4 is 17.6 Å². The van der Waals surface area contributed by atoms with Gasteiger partial charge in [-0.25, -0.2) is 4.79 Å². The van der Waals surface area contributed by atoms with Gasteiger partial charge in [-0.05, 0) is 18.5 Å². The lowest BCUT2D eigenvalue weighted by Crippen LogP contribution is -1.98. The van der Waals surface area contributed by atoms with Gasteiger partial charge in [0, 0.05) is 11.3 Å². The number of rotatable bonds is 1. The van der Waals surface area contributed by atoms with E-state index in [2.05, 4.69) is 4.74 Å². The zero-order valence-corrected chi connectivity index (χ0v) is 5.16. The summed E-state index contributed by atoms with van der Waals surface area (Å²) < 4.78 is 4.39. The van der Waals surface area contributed by atoms with Crippen LogP contribution in [0, 0.1) is 11.3 Å². The molecule has 0 rings (SSSR count). The van der Waals surface area contributed by atoms with Gasteiger partial charge in [-0.15, -0.1) is 0 Å². The van der Waals surface area contributed by atoms with E-state index in [-0.39, 0.29) is 0 Å². The lowest BCUT2D eigenvalue weighted by molar-refractivity contribution is -0.136. The Hall–Kier alpha value is -0.680. The first kappa shape index (κ1) is 7.32. The van der Waals surface area contributed by atoms with Gasteiger partial charge >= 0.3 is 5.97 Å². The van der Waals surface area contributed by atoms with Gasteiger partial charge in [0.25, 0.3) is 0 Å². The number of hydrogen-bond acceptors (Lipinski definition) is 2. The number of esters is 1. The molecule has 0 bridgehead atoms. The van der Waals surface area contributed by atoms with E-state index in [4.69, 9.17) is 11.6 Å². The molecule has 0 unspecified atom stereocenters. The molecule has 0 fully saturated rings. The molecule has 0 aliphatic heterocycles. The number of carbonyl (C=O) groups excluding carboxylic acids is 1. The second-order valence-corrected chi connectivity index (χ2v) is 1.13. The average molecular weight is 133 g/mol. The highest BCUT2D eigenvalue weighted by Gasteiger charge is 1.89. The molecule has 0 aromatic rings. The first-order valence-corrected chi connectivity index (χ1v) is 2.47. The van der Waals surface area contributed by atoms with Crippen molar-refractivity contribution in [2.75, 3.05) is 6.61 Å². The van der Waals surface area contributed by atoms with Crippen molar-refractivity contribution in [3.8, 4) is 11.3 Å². The van der Waals surface area contributed by atoms with E-state index in [0.717, 1.165) is 0 Å². The molecule has 0 aromatic heterocycles. The molecule has 0 amide bonds. The molecule has 0 aliphatic rings. The summed E-state index contributed by atoms with van der Waals surface area (Å²) in [5.74, 6) is 1.42. The van der Waals surface area contributed by atoms with E-state index < -0.39 is 5.97 Å². The first-order valence-electron chi connectivity index (χ1n) is 2.09. The molecule has 0 radical (unpaired) electrons. The van der Waals surface area contributed by atoms with Crippen LogP contribution in [0.3, 0.4) is 0 Å². The summed E-state index contributed by atoms with van der Waals surface area (Å²) in [5.41, 5.74) is 0. The van der Waals surface area contributed by atoms with E-state index >= 15 is 0 Å². The van der Waals surface area contributed by atoms with Crippen LogP contribution in [0.1, 0.15) is 6.92 Å². The summed E-state index contributed by atoms with van der Waals surface area (Å²) in [5, 5.41) is 1.90. The van der Waals surface area contributed by atoms with Gasteiger partial charge < -0.3 is 4.74 Å². The lowest BCUT2D eigenvalue weighted by Gasteiger charge is -1.88. The van der Waals surface area contributed by atoms with Crippen molar-refractivity contribution in [1.29, 1.82) is 0 Å². The van der Waals surface area contributed by atoms with Crippen molar-refractivity contribution in [2.45, 2.75) is 6.92 Å². The fourth-order valence-corrected chi connectivity index (χ4v) is 0.283. The average Bonchev–Trinajstić information content (AvgIpc) is 1.68. The Labute approximate surface area is 52.8 Å². The molecular weight excluding hydrogens is 128 g/mol. The molecule has 8 heavy (non-hydrogen) atoms. The third-order valence-electron chi connectivity index (χ3n) is 0.425. The van der Waals surface area contributed by atoms with E-state index in [1.807, 2.05) is 11.3 Å². The molecule has 0 spiro atoms. The van der Waals surface area contributed by atoms with E-state index in [9.17, 15) is 4.79 Å². The van der Waals surface area contributed by atoms with Gasteiger partial charge in [0.15, 0.2) is 0 Å². The van der Waals surface area contributed by atoms with Crippen molar-refractivity contribution in [3.05, 3.63) is 0 Å². The molecule has 2 nitrogen and oxygen atoms in total. The number of halogens is 1. The quantitative estimate of drug-likeness (QED) is 0.389. The monoisotopic (exact) mass is 132 g/mol. The molecule has 0 atom stereocenters. The third kappa shape index (κ3) is 3.51. The molecule has 0 aliphatic carbocycles. The van der Waals surface area contributed by atoms with Crippen molar-refractivity contribution in [2.24, 2.45) is 0 Å². The standard InChI is InChI=1S/C5H5ClO2/c1-2-8-5(7)3-4-6/h2H2,1H3. The molecule has 0 N–H and O–H groups in total. The van der Waals surface area contributed by atoms with E-state index in [1.54, 1.807) is 6.92 Å². The maximum absolute atomic E-state index is 10.2. The molecular formula is C5H5ClO2. The maximum atomic E-state index is 10.2. The minimum Gasteiger partial charge on any atom is -0.456 e. The maximum Gasteiger partial charge on any atom is 0.385 e. The molecule has 0 saturated heterocycles. The van der Waals surface area contributed by atoms with Crippen LogP contribution in [0.5, 0.6) is 0 Å². The summed E-state index contributed by atoms with van der Waals surface area (Å²) >= 11 is 4.87. The lowest BCUT2D eigenvalue weighted by atomic mass is 10.7. The fourth-order valence-electron chi connectivity index (χ4n) is 0.206. The fraction of sp³-hybridized carbons (Fsp3) is 0.400. The minimum absolute atomic E-state index is 0.338. The minimum atomic E-state index is -0.581. The number of hydrogen-bond donors (Lipinski definition) is 0. The SMILES string of the molecule is CCOC(=O)C#CCl. The largest absolute Gasteiger partial charge is 0.456 e.